The number of pyridine rings is 2. The van der Waals surface area contributed by atoms with Gasteiger partial charge in [0.15, 0.2) is 0 Å². The van der Waals surface area contributed by atoms with E-state index in [1.807, 2.05) is 32.0 Å². The highest BCUT2D eigenvalue weighted by atomic mass is 19.1. The number of para-hydroxylation sites is 1. The highest BCUT2D eigenvalue weighted by Gasteiger charge is 2.45. The lowest BCUT2D eigenvalue weighted by atomic mass is 10.0. The summed E-state index contributed by atoms with van der Waals surface area (Å²) in [5.74, 6) is -3.93. The Hall–Kier alpha value is -6.59. The van der Waals surface area contributed by atoms with E-state index in [1.54, 1.807) is 92.9 Å². The molecule has 6 rings (SSSR count). The summed E-state index contributed by atoms with van der Waals surface area (Å²) in [5, 5.41) is 17.2. The van der Waals surface area contributed by atoms with Gasteiger partial charge in [-0.1, -0.05) is 58.0 Å². The van der Waals surface area contributed by atoms with E-state index in [-0.39, 0.29) is 47.9 Å². The number of amides is 6. The van der Waals surface area contributed by atoms with E-state index >= 15 is 4.39 Å². The number of fused-ring (bicyclic) bond motifs is 2. The van der Waals surface area contributed by atoms with Gasteiger partial charge < -0.3 is 31.9 Å². The van der Waals surface area contributed by atoms with Gasteiger partial charge in [0.05, 0.1) is 23.5 Å². The van der Waals surface area contributed by atoms with Crippen LogP contribution in [-0.2, 0) is 41.6 Å². The Morgan fingerprint density at radius 3 is 1.64 bits per heavy atom. The molecule has 2 aromatic carbocycles. The lowest BCUT2D eigenvalue weighted by Gasteiger charge is -2.31. The third-order valence-corrected chi connectivity index (χ3v) is 12.5. The zero-order valence-electron chi connectivity index (χ0n) is 39.4. The minimum Gasteiger partial charge on any atom is -0.343 e. The maximum atomic E-state index is 16.4. The summed E-state index contributed by atoms with van der Waals surface area (Å²) in [6.07, 6.45) is 1.76. The number of likely N-dealkylation sites (N-methyl/N-ethyl adjacent to an activating group) is 2. The minimum atomic E-state index is -1.11. The van der Waals surface area contributed by atoms with Crippen molar-refractivity contribution in [1.29, 1.82) is 0 Å². The number of aromatic nitrogens is 2. The van der Waals surface area contributed by atoms with Crippen molar-refractivity contribution in [3.05, 3.63) is 94.4 Å². The molecule has 2 aromatic heterocycles. The fourth-order valence-corrected chi connectivity index (χ4v) is 8.26. The van der Waals surface area contributed by atoms with E-state index in [0.717, 1.165) is 11.1 Å². The second-order valence-electron chi connectivity index (χ2n) is 17.9. The molecule has 0 saturated heterocycles. The van der Waals surface area contributed by atoms with Crippen LogP contribution in [0.25, 0.3) is 11.3 Å². The van der Waals surface area contributed by atoms with E-state index < -0.39 is 71.6 Å². The highest BCUT2D eigenvalue weighted by molar-refractivity contribution is 6.11. The Labute approximate surface area is 385 Å². The van der Waals surface area contributed by atoms with Crippen LogP contribution in [0.1, 0.15) is 69.4 Å². The quantitative estimate of drug-likeness (QED) is 0.0986. The topological polar surface area (TPSA) is 207 Å². The lowest BCUT2D eigenvalue weighted by Crippen LogP contribution is -2.57. The average Bonchev–Trinajstić information content (AvgIpc) is 3.87. The summed E-state index contributed by atoms with van der Waals surface area (Å²) < 4.78 is 16.4. The first-order valence-corrected chi connectivity index (χ1v) is 22.3. The van der Waals surface area contributed by atoms with Crippen molar-refractivity contribution < 1.29 is 33.2 Å². The third kappa shape index (κ3) is 9.96. The number of nitrogens with one attached hydrogen (secondary N) is 6. The predicted octanol–water partition coefficient (Wildman–Crippen LogP) is 4.50. The lowest BCUT2D eigenvalue weighted by molar-refractivity contribution is -0.130. The zero-order valence-corrected chi connectivity index (χ0v) is 39.4. The van der Waals surface area contributed by atoms with E-state index in [9.17, 15) is 28.8 Å². The maximum Gasteiger partial charge on any atom is 0.251 e. The molecule has 4 aromatic rings. The van der Waals surface area contributed by atoms with Gasteiger partial charge in [0.25, 0.3) is 11.8 Å². The molecule has 16 nitrogen and oxygen atoms in total. The minimum absolute atomic E-state index is 0.107. The molecule has 350 valence electrons. The maximum absolute atomic E-state index is 16.4. The number of nitrogens with zero attached hydrogens (tertiary/aromatic N) is 4. The molecular weight excluding hydrogens is 844 g/mol. The van der Waals surface area contributed by atoms with Gasteiger partial charge in [-0.25, -0.2) is 14.4 Å². The molecule has 0 fully saturated rings. The molecule has 6 N–H and O–H groups in total. The molecule has 2 aliphatic rings. The van der Waals surface area contributed by atoms with Crippen LogP contribution in [0, 0.1) is 38.4 Å². The fourth-order valence-electron chi connectivity index (χ4n) is 8.26. The molecule has 4 heterocycles. The Morgan fingerprint density at radius 1 is 0.636 bits per heavy atom. The molecular formula is C49H61FN10O6. The van der Waals surface area contributed by atoms with Crippen molar-refractivity contribution in [3.63, 3.8) is 0 Å². The second kappa shape index (κ2) is 20.3. The molecule has 6 atom stereocenters. The summed E-state index contributed by atoms with van der Waals surface area (Å²) in [5.41, 5.74) is 4.44. The normalized spacial score (nSPS) is 17.1. The van der Waals surface area contributed by atoms with Crippen LogP contribution in [0.15, 0.2) is 60.8 Å². The number of carbonyl (C=O) groups excluding carboxylic acids is 6. The van der Waals surface area contributed by atoms with E-state index in [0.29, 0.717) is 33.6 Å². The number of benzene rings is 2. The monoisotopic (exact) mass is 904 g/mol. The van der Waals surface area contributed by atoms with E-state index in [1.165, 1.54) is 22.1 Å². The number of anilines is 4. The number of halogens is 1. The first kappa shape index (κ1) is 48.9. The second-order valence-corrected chi connectivity index (χ2v) is 17.9. The van der Waals surface area contributed by atoms with Crippen LogP contribution in [-0.4, -0.2) is 95.8 Å². The summed E-state index contributed by atoms with van der Waals surface area (Å²) in [6.45, 7) is 15.9. The standard InChI is InChI=1S/C49H61FN10O6/c1-24(2)38(55-44(61)29(8)51-10)48(65)59-36(22-31-16-13-19-53-42(31)59)47(64)58-41-28(7)20-33(21-34(41)50)35-18-17-32-23-37(46(63)57-40-26(5)14-12-15-27(40)6)60(43(32)54-35)49(66)39(25(3)4)56-45(62)30(9)52-11/h12-21,24-25,29-30,36-39,51-52H,22-23H2,1-11H3,(H,55,61)(H,56,62)(H,57,63)(H,58,64). The Bertz CT molecular complexity index is 2500. The Morgan fingerprint density at radius 2 is 1.14 bits per heavy atom. The van der Waals surface area contributed by atoms with Crippen molar-refractivity contribution in [3.8, 4) is 11.3 Å². The van der Waals surface area contributed by atoms with Crippen LogP contribution in [0.5, 0.6) is 0 Å². The predicted molar refractivity (Wildman–Crippen MR) is 252 cm³/mol. The van der Waals surface area contributed by atoms with Gasteiger partial charge >= 0.3 is 0 Å². The Kier molecular flexibility index (Phi) is 15.0. The van der Waals surface area contributed by atoms with E-state index in [4.69, 9.17) is 4.98 Å². The van der Waals surface area contributed by atoms with Gasteiger partial charge in [-0.15, -0.1) is 0 Å². The molecule has 0 aliphatic carbocycles. The van der Waals surface area contributed by atoms with Crippen LogP contribution >= 0.6 is 0 Å². The summed E-state index contributed by atoms with van der Waals surface area (Å²) >= 11 is 0. The van der Waals surface area contributed by atoms with E-state index in [2.05, 4.69) is 36.9 Å². The molecule has 17 heteroatoms. The van der Waals surface area contributed by atoms with Gasteiger partial charge in [0, 0.05) is 30.3 Å². The van der Waals surface area contributed by atoms with Crippen LogP contribution in [0.4, 0.5) is 27.4 Å². The average molecular weight is 905 g/mol. The molecule has 6 amide bonds. The van der Waals surface area contributed by atoms with Gasteiger partial charge in [-0.2, -0.15) is 0 Å². The summed E-state index contributed by atoms with van der Waals surface area (Å²) in [4.78, 5) is 95.5. The molecule has 6 unspecified atom stereocenters. The molecule has 66 heavy (non-hydrogen) atoms. The third-order valence-electron chi connectivity index (χ3n) is 12.5. The number of aryl methyl sites for hydroxylation is 3. The summed E-state index contributed by atoms with van der Waals surface area (Å²) in [7, 11) is 3.27. The van der Waals surface area contributed by atoms with Crippen molar-refractivity contribution in [2.45, 2.75) is 111 Å². The number of hydrogen-bond acceptors (Lipinski definition) is 10. The van der Waals surface area contributed by atoms with Gasteiger partial charge in [-0.3, -0.25) is 38.6 Å². The van der Waals surface area contributed by atoms with Gasteiger partial charge in [0.2, 0.25) is 23.6 Å². The van der Waals surface area contributed by atoms with Crippen molar-refractivity contribution in [1.82, 2.24) is 31.2 Å². The van der Waals surface area contributed by atoms with Gasteiger partial charge in [-0.05, 0) is 113 Å². The fraction of sp³-hybridized carbons (Fsp3) is 0.429. The smallest absolute Gasteiger partial charge is 0.251 e. The van der Waals surface area contributed by atoms with Gasteiger partial charge in [0.1, 0.15) is 41.6 Å². The van der Waals surface area contributed by atoms with Crippen LogP contribution in [0.2, 0.25) is 0 Å². The number of rotatable bonds is 15. The SMILES string of the molecule is CNC(C)C(=O)NC(C(=O)N1c2nc(-c3cc(C)c(NC(=O)C4Cc5cccnc5N4C(=O)C(NC(=O)C(C)NC)C(C)C)c(F)c3)ccc2CC1C(=O)Nc1c(C)cccc1C)C(C)C. The number of hydrogen-bond donors (Lipinski definition) is 6. The number of carbonyl (C=O) groups is 6. The highest BCUT2D eigenvalue weighted by Crippen LogP contribution is 2.37. The molecule has 0 bridgehead atoms. The largest absolute Gasteiger partial charge is 0.343 e. The summed E-state index contributed by atoms with van der Waals surface area (Å²) in [6, 6.07) is 10.1. The molecule has 0 spiro atoms. The van der Waals surface area contributed by atoms with Crippen molar-refractivity contribution >= 4 is 58.5 Å². The van der Waals surface area contributed by atoms with Crippen molar-refractivity contribution in [2.24, 2.45) is 11.8 Å². The molecule has 0 saturated carbocycles. The van der Waals surface area contributed by atoms with Crippen LogP contribution in [0.3, 0.4) is 0 Å². The first-order chi connectivity index (χ1) is 31.3. The van der Waals surface area contributed by atoms with Crippen molar-refractivity contribution in [2.75, 3.05) is 34.5 Å². The first-order valence-electron chi connectivity index (χ1n) is 22.3. The van der Waals surface area contributed by atoms with Crippen LogP contribution < -0.4 is 41.7 Å². The zero-order chi connectivity index (χ0) is 48.3. The molecule has 0 radical (unpaired) electrons. The Balaban J connectivity index is 1.32. The molecule has 2 aliphatic heterocycles.